The van der Waals surface area contributed by atoms with Crippen LogP contribution in [0.1, 0.15) is 0 Å². The van der Waals surface area contributed by atoms with Crippen molar-refractivity contribution in [2.75, 3.05) is 37.9 Å². The molecule has 0 saturated carbocycles. The highest BCUT2D eigenvalue weighted by Crippen LogP contribution is 2.19. The van der Waals surface area contributed by atoms with Crippen molar-refractivity contribution in [1.29, 1.82) is 0 Å². The van der Waals surface area contributed by atoms with Gasteiger partial charge < -0.3 is 20.5 Å². The van der Waals surface area contributed by atoms with Crippen molar-refractivity contribution in [3.8, 4) is 0 Å². The van der Waals surface area contributed by atoms with Crippen LogP contribution in [0.25, 0.3) is 0 Å². The number of halogens is 1. The van der Waals surface area contributed by atoms with E-state index in [0.717, 1.165) is 4.47 Å². The van der Waals surface area contributed by atoms with Crippen LogP contribution in [-0.4, -0.2) is 48.5 Å². The van der Waals surface area contributed by atoms with E-state index in [0.29, 0.717) is 18.3 Å². The van der Waals surface area contributed by atoms with Crippen molar-refractivity contribution in [2.45, 2.75) is 6.10 Å². The van der Waals surface area contributed by atoms with Crippen molar-refractivity contribution < 1.29 is 9.84 Å². The van der Waals surface area contributed by atoms with Crippen molar-refractivity contribution in [1.82, 2.24) is 9.97 Å². The van der Waals surface area contributed by atoms with Gasteiger partial charge >= 0.3 is 0 Å². The maximum atomic E-state index is 9.47. The molecule has 0 aromatic carbocycles. The van der Waals surface area contributed by atoms with Crippen LogP contribution in [0.5, 0.6) is 0 Å². The molecule has 0 saturated heterocycles. The van der Waals surface area contributed by atoms with Crippen LogP contribution in [0, 0.1) is 0 Å². The average molecular weight is 291 g/mol. The van der Waals surface area contributed by atoms with E-state index in [-0.39, 0.29) is 6.61 Å². The Kier molecular flexibility index (Phi) is 5.44. The van der Waals surface area contributed by atoms with Crippen LogP contribution in [0.15, 0.2) is 10.7 Å². The number of methoxy groups -OCH3 is 1. The van der Waals surface area contributed by atoms with Gasteiger partial charge in [0.05, 0.1) is 17.2 Å². The molecule has 3 N–H and O–H groups in total. The average Bonchev–Trinajstić information content (AvgIpc) is 2.28. The molecule has 0 aliphatic rings. The van der Waals surface area contributed by atoms with Crippen molar-refractivity contribution >= 4 is 27.7 Å². The summed E-state index contributed by atoms with van der Waals surface area (Å²) >= 11 is 3.32. The zero-order valence-electron chi connectivity index (χ0n) is 9.20. The number of aliphatic hydroxyl groups is 1. The molecule has 7 heteroatoms. The summed E-state index contributed by atoms with van der Waals surface area (Å²) < 4.78 is 5.57. The number of aliphatic hydroxyl groups excluding tert-OH is 1. The normalized spacial score (nSPS) is 12.2. The van der Waals surface area contributed by atoms with Gasteiger partial charge in [-0.2, -0.15) is 4.98 Å². The van der Waals surface area contributed by atoms with E-state index >= 15 is 0 Å². The van der Waals surface area contributed by atoms with Crippen molar-refractivity contribution in [3.05, 3.63) is 10.7 Å². The Balaban J connectivity index is 2.58. The number of nitrogens with one attached hydrogen (secondary N) is 2. The Labute approximate surface area is 103 Å². The molecule has 1 atom stereocenters. The maximum Gasteiger partial charge on any atom is 0.224 e. The van der Waals surface area contributed by atoms with Gasteiger partial charge in [-0.05, 0) is 15.9 Å². The molecular weight excluding hydrogens is 276 g/mol. The number of aromatic nitrogens is 2. The lowest BCUT2D eigenvalue weighted by Gasteiger charge is -2.12. The summed E-state index contributed by atoms with van der Waals surface area (Å²) in [5.41, 5.74) is 0. The lowest BCUT2D eigenvalue weighted by Crippen LogP contribution is -2.24. The molecule has 0 radical (unpaired) electrons. The Morgan fingerprint density at radius 2 is 2.38 bits per heavy atom. The highest BCUT2D eigenvalue weighted by molar-refractivity contribution is 9.10. The number of hydrogen-bond acceptors (Lipinski definition) is 6. The third-order valence-electron chi connectivity index (χ3n) is 1.83. The molecule has 1 unspecified atom stereocenters. The zero-order chi connectivity index (χ0) is 12.0. The van der Waals surface area contributed by atoms with Crippen LogP contribution in [0.2, 0.25) is 0 Å². The summed E-state index contributed by atoms with van der Waals surface area (Å²) in [7, 11) is 3.29. The first-order chi connectivity index (χ1) is 7.67. The number of hydrogen-bond donors (Lipinski definition) is 3. The molecule has 1 aromatic rings. The van der Waals surface area contributed by atoms with E-state index < -0.39 is 6.10 Å². The Hall–Kier alpha value is -0.920. The van der Waals surface area contributed by atoms with Gasteiger partial charge in [0.15, 0.2) is 0 Å². The largest absolute Gasteiger partial charge is 0.389 e. The summed E-state index contributed by atoms with van der Waals surface area (Å²) in [5.74, 6) is 1.15. The van der Waals surface area contributed by atoms with Gasteiger partial charge in [-0.3, -0.25) is 0 Å². The molecule has 1 rings (SSSR count). The van der Waals surface area contributed by atoms with Crippen LogP contribution >= 0.6 is 15.9 Å². The highest BCUT2D eigenvalue weighted by Gasteiger charge is 2.07. The van der Waals surface area contributed by atoms with E-state index in [2.05, 4.69) is 36.5 Å². The van der Waals surface area contributed by atoms with E-state index in [1.807, 2.05) is 0 Å². The molecule has 0 fully saturated rings. The molecule has 1 heterocycles. The van der Waals surface area contributed by atoms with Gasteiger partial charge in [0.1, 0.15) is 5.82 Å². The second-order valence-corrected chi connectivity index (χ2v) is 3.98. The first kappa shape index (κ1) is 13.1. The minimum absolute atomic E-state index is 0.286. The SMILES string of the molecule is CNc1ncc(Br)c(NCC(O)COC)n1. The van der Waals surface area contributed by atoms with Crippen LogP contribution in [-0.2, 0) is 4.74 Å². The summed E-state index contributed by atoms with van der Waals surface area (Å²) in [6.45, 7) is 0.654. The molecule has 0 aliphatic carbocycles. The zero-order valence-corrected chi connectivity index (χ0v) is 10.8. The fourth-order valence-electron chi connectivity index (χ4n) is 1.08. The first-order valence-corrected chi connectivity index (χ1v) is 5.57. The van der Waals surface area contributed by atoms with E-state index in [1.54, 1.807) is 20.4 Å². The number of nitrogens with zero attached hydrogens (tertiary/aromatic N) is 2. The number of anilines is 2. The van der Waals surface area contributed by atoms with Crippen molar-refractivity contribution in [2.24, 2.45) is 0 Å². The molecule has 0 aliphatic heterocycles. The predicted octanol–water partition coefficient (Wildman–Crippen LogP) is 0.700. The van der Waals surface area contributed by atoms with E-state index in [4.69, 9.17) is 4.74 Å². The van der Waals surface area contributed by atoms with Crippen molar-refractivity contribution in [3.63, 3.8) is 0 Å². The van der Waals surface area contributed by atoms with E-state index in [9.17, 15) is 5.11 Å². The summed E-state index contributed by atoms with van der Waals surface area (Å²) in [6.07, 6.45) is 1.08. The second kappa shape index (κ2) is 6.62. The number of rotatable bonds is 6. The lowest BCUT2D eigenvalue weighted by atomic mass is 10.4. The molecule has 1 aromatic heterocycles. The molecule has 0 amide bonds. The molecule has 0 spiro atoms. The number of ether oxygens (including phenoxy) is 1. The molecule has 0 bridgehead atoms. The summed E-state index contributed by atoms with van der Waals surface area (Å²) in [6, 6.07) is 0. The maximum absolute atomic E-state index is 9.47. The van der Waals surface area contributed by atoms with Crippen LogP contribution < -0.4 is 10.6 Å². The van der Waals surface area contributed by atoms with Gasteiger partial charge in [-0.1, -0.05) is 0 Å². The quantitative estimate of drug-likeness (QED) is 0.716. The molecule has 6 nitrogen and oxygen atoms in total. The predicted molar refractivity (Wildman–Crippen MR) is 65.7 cm³/mol. The monoisotopic (exact) mass is 290 g/mol. The first-order valence-electron chi connectivity index (χ1n) is 4.78. The standard InChI is InChI=1S/C9H15BrN4O2/c1-11-9-13-4-7(10)8(14-9)12-3-6(15)5-16-2/h4,6,15H,3,5H2,1-2H3,(H2,11,12,13,14). The minimum atomic E-state index is -0.565. The fraction of sp³-hybridized carbons (Fsp3) is 0.556. The van der Waals surface area contributed by atoms with Gasteiger partial charge in [0.2, 0.25) is 5.95 Å². The van der Waals surface area contributed by atoms with Crippen LogP contribution in [0.4, 0.5) is 11.8 Å². The molecular formula is C9H15BrN4O2. The Morgan fingerprint density at radius 3 is 3.00 bits per heavy atom. The lowest BCUT2D eigenvalue weighted by molar-refractivity contribution is 0.0727. The third kappa shape index (κ3) is 3.92. The van der Waals surface area contributed by atoms with Crippen LogP contribution in [0.3, 0.4) is 0 Å². The molecule has 16 heavy (non-hydrogen) atoms. The summed E-state index contributed by atoms with van der Waals surface area (Å²) in [4.78, 5) is 8.22. The van der Waals surface area contributed by atoms with Gasteiger partial charge in [0, 0.05) is 26.9 Å². The van der Waals surface area contributed by atoms with Gasteiger partial charge in [-0.25, -0.2) is 4.98 Å². The van der Waals surface area contributed by atoms with Gasteiger partial charge in [-0.15, -0.1) is 0 Å². The minimum Gasteiger partial charge on any atom is -0.389 e. The summed E-state index contributed by atoms with van der Waals surface area (Å²) in [5, 5.41) is 15.3. The third-order valence-corrected chi connectivity index (χ3v) is 2.41. The van der Waals surface area contributed by atoms with Gasteiger partial charge in [0.25, 0.3) is 0 Å². The highest BCUT2D eigenvalue weighted by atomic mass is 79.9. The fourth-order valence-corrected chi connectivity index (χ4v) is 1.41. The Bertz CT molecular complexity index is 337. The smallest absolute Gasteiger partial charge is 0.224 e. The topological polar surface area (TPSA) is 79.3 Å². The van der Waals surface area contributed by atoms with E-state index in [1.165, 1.54) is 0 Å². The second-order valence-electron chi connectivity index (χ2n) is 3.13. The Morgan fingerprint density at radius 1 is 1.62 bits per heavy atom. The molecule has 90 valence electrons.